The van der Waals surface area contributed by atoms with Crippen LogP contribution in [-0.4, -0.2) is 70.7 Å². The van der Waals surface area contributed by atoms with Crippen molar-refractivity contribution >= 4 is 101 Å². The van der Waals surface area contributed by atoms with Crippen molar-refractivity contribution in [1.29, 1.82) is 0 Å². The van der Waals surface area contributed by atoms with Crippen molar-refractivity contribution in [1.82, 2.24) is 0 Å². The maximum atomic E-state index is 4.83. The molecule has 12 nitrogen and oxygen atoms in total. The van der Waals surface area contributed by atoms with E-state index in [9.17, 15) is 0 Å². The quantitative estimate of drug-likeness (QED) is 0.0281. The van der Waals surface area contributed by atoms with Crippen molar-refractivity contribution < 1.29 is 0 Å². The Morgan fingerprint density at radius 1 is 0.194 bits per heavy atom. The van der Waals surface area contributed by atoms with E-state index in [0.717, 1.165) is 97.9 Å². The van der Waals surface area contributed by atoms with Crippen LogP contribution in [0.25, 0.3) is 0 Å². The SMILES string of the molecule is CCCCN(CCCC)c1ccc(N=Nc2cc[c]([Sn]([c]3ccc(N=Nc4ccc(N(CCCC)CCCC)cc4)cc3)([c]3ccc(N=Nc4ccc(N(CCCC)CCCC)cc4)cc3)[c]3ccc(N=Nc4ccc(N(CCCC)CCCC)cc4)cc3)cc2)cc1. The first-order valence-corrected chi connectivity index (χ1v) is 40.9. The predicted molar refractivity (Wildman–Crippen MR) is 401 cm³/mol. The normalized spacial score (nSPS) is 12.4. The van der Waals surface area contributed by atoms with Gasteiger partial charge in [0.15, 0.2) is 0 Å². The number of nitrogens with zero attached hydrogens (tertiary/aromatic N) is 12. The van der Waals surface area contributed by atoms with E-state index in [1.165, 1.54) is 140 Å². The summed E-state index contributed by atoms with van der Waals surface area (Å²) in [5, 5.41) is 38.4. The molecule has 13 heteroatoms. The van der Waals surface area contributed by atoms with Crippen LogP contribution in [0.5, 0.6) is 0 Å². The summed E-state index contributed by atoms with van der Waals surface area (Å²) in [5.41, 5.74) is 11.4. The first-order chi connectivity index (χ1) is 45.7. The Bertz CT molecular complexity index is 2990. The molecule has 0 aliphatic rings. The zero-order chi connectivity index (χ0) is 65.3. The fourth-order valence-electron chi connectivity index (χ4n) is 11.8. The van der Waals surface area contributed by atoms with Gasteiger partial charge >= 0.3 is 408 Å². The topological polar surface area (TPSA) is 112 Å². The van der Waals surface area contributed by atoms with Gasteiger partial charge in [-0.05, 0) is 51.4 Å². The third-order valence-electron chi connectivity index (χ3n) is 17.4. The van der Waals surface area contributed by atoms with Gasteiger partial charge in [0.2, 0.25) is 0 Å². The van der Waals surface area contributed by atoms with Crippen molar-refractivity contribution in [3.8, 4) is 0 Å². The van der Waals surface area contributed by atoms with Gasteiger partial charge in [0.25, 0.3) is 0 Å². The molecule has 8 aromatic rings. The molecule has 0 amide bonds. The molecule has 0 saturated carbocycles. The summed E-state index contributed by atoms with van der Waals surface area (Å²) in [5.74, 6) is 0. The number of rotatable bonds is 40. The Kier molecular flexibility index (Phi) is 29.8. The molecule has 488 valence electrons. The van der Waals surface area contributed by atoms with E-state index in [0.29, 0.717) is 0 Å². The minimum absolute atomic E-state index is 0.783. The van der Waals surface area contributed by atoms with Gasteiger partial charge in [0.1, 0.15) is 0 Å². The van der Waals surface area contributed by atoms with Crippen LogP contribution in [0.4, 0.5) is 68.2 Å². The van der Waals surface area contributed by atoms with Crippen LogP contribution in [0.15, 0.2) is 235 Å². The van der Waals surface area contributed by atoms with Gasteiger partial charge in [0.05, 0.1) is 0 Å². The molecule has 0 aliphatic carbocycles. The zero-order valence-electron chi connectivity index (χ0n) is 57.3. The molecule has 0 N–H and O–H groups in total. The third-order valence-corrected chi connectivity index (χ3v) is 31.1. The van der Waals surface area contributed by atoms with Gasteiger partial charge < -0.3 is 0 Å². The number of benzene rings is 8. The molecule has 0 heterocycles. The molecule has 8 aromatic carbocycles. The molecule has 0 spiro atoms. The molecule has 93 heavy (non-hydrogen) atoms. The van der Waals surface area contributed by atoms with Gasteiger partial charge in [-0.15, -0.1) is 0 Å². The second kappa shape index (κ2) is 39.0. The summed E-state index contributed by atoms with van der Waals surface area (Å²) < 4.78 is 4.99. The summed E-state index contributed by atoms with van der Waals surface area (Å²) >= 11 is -4.39. The molecule has 0 radical (unpaired) electrons. The van der Waals surface area contributed by atoms with Gasteiger partial charge in [-0.25, -0.2) is 0 Å². The van der Waals surface area contributed by atoms with Crippen molar-refractivity contribution in [2.24, 2.45) is 40.9 Å². The molecule has 0 aliphatic heterocycles. The molecule has 0 fully saturated rings. The summed E-state index contributed by atoms with van der Waals surface area (Å²) in [6.45, 7) is 26.5. The second-order valence-electron chi connectivity index (χ2n) is 24.6. The van der Waals surface area contributed by atoms with Crippen LogP contribution in [0, 0.1) is 0 Å². The monoisotopic (exact) mass is 1350 g/mol. The van der Waals surface area contributed by atoms with Crippen LogP contribution >= 0.6 is 0 Å². The molecule has 0 unspecified atom stereocenters. The first kappa shape index (κ1) is 71.0. The van der Waals surface area contributed by atoms with Gasteiger partial charge in [-0.3, -0.25) is 0 Å². The van der Waals surface area contributed by atoms with E-state index in [2.05, 4.69) is 269 Å². The van der Waals surface area contributed by atoms with Crippen LogP contribution < -0.4 is 33.9 Å². The number of hydrogen-bond acceptors (Lipinski definition) is 12. The first-order valence-electron chi connectivity index (χ1n) is 35.2. The zero-order valence-corrected chi connectivity index (χ0v) is 60.2. The Morgan fingerprint density at radius 3 is 0.452 bits per heavy atom. The van der Waals surface area contributed by atoms with Crippen molar-refractivity contribution in [3.05, 3.63) is 194 Å². The average molecular weight is 1350 g/mol. The fraction of sp³-hybridized carbons (Fsp3) is 0.400. The molecule has 0 aromatic heterocycles. The van der Waals surface area contributed by atoms with Crippen LogP contribution in [0.2, 0.25) is 0 Å². The average Bonchev–Trinajstić information content (AvgIpc) is 0.740. The van der Waals surface area contributed by atoms with Crippen molar-refractivity contribution in [2.75, 3.05) is 72.0 Å². The van der Waals surface area contributed by atoms with Gasteiger partial charge in [0, 0.05) is 0 Å². The third kappa shape index (κ3) is 21.1. The second-order valence-corrected chi connectivity index (χ2v) is 35.5. The van der Waals surface area contributed by atoms with Crippen LogP contribution in [-0.2, 0) is 0 Å². The number of azo groups is 4. The van der Waals surface area contributed by atoms with E-state index in [4.69, 9.17) is 40.9 Å². The van der Waals surface area contributed by atoms with Crippen molar-refractivity contribution in [3.63, 3.8) is 0 Å². The molecule has 0 atom stereocenters. The van der Waals surface area contributed by atoms with E-state index in [-0.39, 0.29) is 0 Å². The number of anilines is 4. The number of unbranched alkanes of at least 4 members (excludes halogenated alkanes) is 8. The van der Waals surface area contributed by atoms with Gasteiger partial charge in [-0.1, -0.05) is 107 Å². The maximum absolute atomic E-state index is 4.83. The minimum atomic E-state index is -4.39. The summed E-state index contributed by atoms with van der Waals surface area (Å²) in [4.78, 5) is 10.0. The summed E-state index contributed by atoms with van der Waals surface area (Å²) in [6, 6.07) is 69.4. The van der Waals surface area contributed by atoms with E-state index in [1.807, 2.05) is 0 Å². The molecular weight excluding hydrogens is 1250 g/mol. The standard InChI is InChI=1S/4C20H26N3.Sn/c4*1-3-5-16-23(17-6-4-2)20-14-12-19(13-15-20)22-21-18-10-8-7-9-11-18;/h4*8-15H,3-6,16-17H2,1-2H3;. The van der Waals surface area contributed by atoms with E-state index >= 15 is 0 Å². The molecule has 0 saturated heterocycles. The summed E-state index contributed by atoms with van der Waals surface area (Å²) in [7, 11) is 0. The summed E-state index contributed by atoms with van der Waals surface area (Å²) in [6.07, 6.45) is 18.8. The number of hydrogen-bond donors (Lipinski definition) is 0. The van der Waals surface area contributed by atoms with Gasteiger partial charge in [-0.2, -0.15) is 0 Å². The Hall–Kier alpha value is -7.84. The molecule has 8 rings (SSSR count). The van der Waals surface area contributed by atoms with E-state index in [1.54, 1.807) is 0 Å². The molecule has 0 bridgehead atoms. The fourth-order valence-corrected chi connectivity index (χ4v) is 25.1. The van der Waals surface area contributed by atoms with Crippen LogP contribution in [0.3, 0.4) is 0 Å². The van der Waals surface area contributed by atoms with Crippen molar-refractivity contribution in [2.45, 2.75) is 158 Å². The Balaban J connectivity index is 1.17. The predicted octanol–water partition coefficient (Wildman–Crippen LogP) is 22.4. The Morgan fingerprint density at radius 2 is 0.323 bits per heavy atom. The Labute approximate surface area is 562 Å². The molecular formula is C80H104N12Sn. The van der Waals surface area contributed by atoms with Crippen LogP contribution in [0.1, 0.15) is 158 Å². The van der Waals surface area contributed by atoms with E-state index < -0.39 is 18.4 Å².